The van der Waals surface area contributed by atoms with Gasteiger partial charge in [-0.15, -0.1) is 24.0 Å². The van der Waals surface area contributed by atoms with Crippen LogP contribution < -0.4 is 10.2 Å². The molecule has 0 spiro atoms. The van der Waals surface area contributed by atoms with Gasteiger partial charge in [0.15, 0.2) is 5.96 Å². The highest BCUT2D eigenvalue weighted by molar-refractivity contribution is 14.0. The second-order valence-corrected chi connectivity index (χ2v) is 7.78. The van der Waals surface area contributed by atoms with Crippen molar-refractivity contribution in [1.29, 1.82) is 0 Å². The predicted octanol–water partition coefficient (Wildman–Crippen LogP) is 4.10. The fourth-order valence-corrected chi connectivity index (χ4v) is 4.18. The third kappa shape index (κ3) is 5.88. The van der Waals surface area contributed by atoms with E-state index in [1.807, 2.05) is 0 Å². The second kappa shape index (κ2) is 11.6. The number of likely N-dealkylation sites (tertiary alicyclic amines) is 1. The minimum absolute atomic E-state index is 0. The van der Waals surface area contributed by atoms with E-state index in [4.69, 9.17) is 9.73 Å². The molecule has 0 aromatic heterocycles. The van der Waals surface area contributed by atoms with E-state index in [0.717, 1.165) is 51.9 Å². The summed E-state index contributed by atoms with van der Waals surface area (Å²) in [6.07, 6.45) is 1.18. The third-order valence-corrected chi connectivity index (χ3v) is 5.82. The lowest BCUT2D eigenvalue weighted by Gasteiger charge is -2.28. The number of guanidine groups is 1. The molecule has 2 aliphatic heterocycles. The van der Waals surface area contributed by atoms with Gasteiger partial charge in [0, 0.05) is 44.3 Å². The zero-order valence-corrected chi connectivity index (χ0v) is 20.1. The minimum atomic E-state index is 0. The van der Waals surface area contributed by atoms with Crippen LogP contribution in [0.5, 0.6) is 0 Å². The number of rotatable bonds is 5. The molecule has 1 N–H and O–H groups in total. The normalized spacial score (nSPS) is 19.5. The Morgan fingerprint density at radius 1 is 1.03 bits per heavy atom. The number of ether oxygens (including phenoxy) is 1. The lowest BCUT2D eigenvalue weighted by atomic mass is 9.99. The average molecular weight is 520 g/mol. The van der Waals surface area contributed by atoms with Gasteiger partial charge in [0.1, 0.15) is 0 Å². The van der Waals surface area contributed by atoms with Crippen LogP contribution in [0.2, 0.25) is 0 Å². The van der Waals surface area contributed by atoms with E-state index in [9.17, 15) is 0 Å². The van der Waals surface area contributed by atoms with Gasteiger partial charge in [-0.25, -0.2) is 4.99 Å². The highest BCUT2D eigenvalue weighted by atomic mass is 127. The minimum Gasteiger partial charge on any atom is -0.378 e. The average Bonchev–Trinajstić information content (AvgIpc) is 3.28. The first-order chi connectivity index (χ1) is 14.3. The standard InChI is InChI=1S/C24H32N4O.HI/c1-2-25-24(28-13-12-22(19-28)21-6-4-3-5-7-21)26-18-20-8-10-23(11-9-20)27-14-16-29-17-15-27;/h3-11,22H,2,12-19H2,1H3,(H,25,26);1H. The van der Waals surface area contributed by atoms with Crippen molar-refractivity contribution in [3.8, 4) is 0 Å². The molecule has 0 bridgehead atoms. The Hall–Kier alpha value is -1.80. The molecule has 2 aromatic carbocycles. The molecule has 2 aromatic rings. The van der Waals surface area contributed by atoms with Gasteiger partial charge in [-0.2, -0.15) is 0 Å². The lowest BCUT2D eigenvalue weighted by molar-refractivity contribution is 0.122. The van der Waals surface area contributed by atoms with Crippen LogP contribution in [-0.4, -0.2) is 56.8 Å². The van der Waals surface area contributed by atoms with Crippen molar-refractivity contribution in [2.45, 2.75) is 25.8 Å². The summed E-state index contributed by atoms with van der Waals surface area (Å²) in [4.78, 5) is 9.72. The molecule has 0 radical (unpaired) electrons. The van der Waals surface area contributed by atoms with E-state index >= 15 is 0 Å². The van der Waals surface area contributed by atoms with Gasteiger partial charge < -0.3 is 19.9 Å². The third-order valence-electron chi connectivity index (χ3n) is 5.82. The van der Waals surface area contributed by atoms with Crippen LogP contribution in [0, 0.1) is 0 Å². The Labute approximate surface area is 197 Å². The van der Waals surface area contributed by atoms with Gasteiger partial charge in [0.25, 0.3) is 0 Å². The van der Waals surface area contributed by atoms with E-state index in [1.165, 1.54) is 23.2 Å². The van der Waals surface area contributed by atoms with Crippen molar-refractivity contribution in [1.82, 2.24) is 10.2 Å². The highest BCUT2D eigenvalue weighted by Gasteiger charge is 2.25. The van der Waals surface area contributed by atoms with Gasteiger partial charge in [-0.3, -0.25) is 0 Å². The number of halogens is 1. The Kier molecular flexibility index (Phi) is 8.81. The van der Waals surface area contributed by atoms with E-state index in [1.54, 1.807) is 0 Å². The van der Waals surface area contributed by atoms with Gasteiger partial charge in [-0.1, -0.05) is 42.5 Å². The van der Waals surface area contributed by atoms with E-state index < -0.39 is 0 Å². The Balaban J connectivity index is 0.00000256. The first-order valence-corrected chi connectivity index (χ1v) is 10.8. The number of nitrogens with zero attached hydrogens (tertiary/aromatic N) is 3. The van der Waals surface area contributed by atoms with Gasteiger partial charge in [-0.05, 0) is 36.6 Å². The molecule has 0 amide bonds. The molecule has 6 heteroatoms. The molecular formula is C24H33IN4O. The maximum atomic E-state index is 5.45. The van der Waals surface area contributed by atoms with Crippen LogP contribution in [0.25, 0.3) is 0 Å². The van der Waals surface area contributed by atoms with Crippen molar-refractivity contribution < 1.29 is 4.74 Å². The van der Waals surface area contributed by atoms with Crippen LogP contribution in [0.1, 0.15) is 30.4 Å². The van der Waals surface area contributed by atoms with Gasteiger partial charge >= 0.3 is 0 Å². The summed E-state index contributed by atoms with van der Waals surface area (Å²) in [5, 5.41) is 3.48. The zero-order chi connectivity index (χ0) is 19.9. The molecular weight excluding hydrogens is 487 g/mol. The number of nitrogens with one attached hydrogen (secondary N) is 1. The number of aliphatic imine (C=N–C) groups is 1. The monoisotopic (exact) mass is 520 g/mol. The summed E-state index contributed by atoms with van der Waals surface area (Å²) in [7, 11) is 0. The fourth-order valence-electron chi connectivity index (χ4n) is 4.18. The molecule has 162 valence electrons. The van der Waals surface area contributed by atoms with Crippen LogP contribution in [-0.2, 0) is 11.3 Å². The molecule has 2 aliphatic rings. The van der Waals surface area contributed by atoms with Gasteiger partial charge in [0.05, 0.1) is 19.8 Å². The molecule has 1 unspecified atom stereocenters. The van der Waals surface area contributed by atoms with Crippen molar-refractivity contribution >= 4 is 35.6 Å². The SMILES string of the molecule is CCNC(=NCc1ccc(N2CCOCC2)cc1)N1CCC(c2ccccc2)C1.I. The summed E-state index contributed by atoms with van der Waals surface area (Å²) >= 11 is 0. The second-order valence-electron chi connectivity index (χ2n) is 7.78. The fraction of sp³-hybridized carbons (Fsp3) is 0.458. The largest absolute Gasteiger partial charge is 0.378 e. The molecule has 2 heterocycles. The quantitative estimate of drug-likeness (QED) is 0.366. The maximum absolute atomic E-state index is 5.45. The van der Waals surface area contributed by atoms with Crippen LogP contribution in [0.4, 0.5) is 5.69 Å². The number of benzene rings is 2. The molecule has 0 saturated carbocycles. The van der Waals surface area contributed by atoms with E-state index in [2.05, 4.69) is 76.6 Å². The molecule has 0 aliphatic carbocycles. The number of hydrogen-bond acceptors (Lipinski definition) is 3. The number of anilines is 1. The summed E-state index contributed by atoms with van der Waals surface area (Å²) in [5.74, 6) is 1.62. The van der Waals surface area contributed by atoms with Crippen molar-refractivity contribution in [2.75, 3.05) is 50.8 Å². The van der Waals surface area contributed by atoms with Crippen LogP contribution in [0.3, 0.4) is 0 Å². The lowest BCUT2D eigenvalue weighted by Crippen LogP contribution is -2.40. The van der Waals surface area contributed by atoms with E-state index in [-0.39, 0.29) is 24.0 Å². The molecule has 2 saturated heterocycles. The summed E-state index contributed by atoms with van der Waals surface area (Å²) in [6.45, 7) is 9.40. The smallest absolute Gasteiger partial charge is 0.194 e. The topological polar surface area (TPSA) is 40.1 Å². The first-order valence-electron chi connectivity index (χ1n) is 10.8. The Morgan fingerprint density at radius 3 is 2.47 bits per heavy atom. The highest BCUT2D eigenvalue weighted by Crippen LogP contribution is 2.27. The summed E-state index contributed by atoms with van der Waals surface area (Å²) in [6, 6.07) is 19.7. The molecule has 5 nitrogen and oxygen atoms in total. The Morgan fingerprint density at radius 2 is 1.77 bits per heavy atom. The van der Waals surface area contributed by atoms with E-state index in [0.29, 0.717) is 12.5 Å². The molecule has 2 fully saturated rings. The maximum Gasteiger partial charge on any atom is 0.194 e. The van der Waals surface area contributed by atoms with Gasteiger partial charge in [0.2, 0.25) is 0 Å². The molecule has 1 atom stereocenters. The van der Waals surface area contributed by atoms with Crippen molar-refractivity contribution in [3.63, 3.8) is 0 Å². The van der Waals surface area contributed by atoms with Crippen LogP contribution in [0.15, 0.2) is 59.6 Å². The first kappa shape index (κ1) is 22.9. The molecule has 4 rings (SSSR count). The van der Waals surface area contributed by atoms with Crippen LogP contribution >= 0.6 is 24.0 Å². The Bertz CT molecular complexity index is 791. The number of morpholine rings is 1. The summed E-state index contributed by atoms with van der Waals surface area (Å²) in [5.41, 5.74) is 3.96. The number of hydrogen-bond donors (Lipinski definition) is 1. The molecule has 30 heavy (non-hydrogen) atoms. The van der Waals surface area contributed by atoms with Crippen molar-refractivity contribution in [3.05, 3.63) is 65.7 Å². The van der Waals surface area contributed by atoms with Crippen molar-refractivity contribution in [2.24, 2.45) is 4.99 Å². The summed E-state index contributed by atoms with van der Waals surface area (Å²) < 4.78 is 5.45. The zero-order valence-electron chi connectivity index (χ0n) is 17.8. The predicted molar refractivity (Wildman–Crippen MR) is 135 cm³/mol.